The molecule has 0 aromatic heterocycles. The highest BCUT2D eigenvalue weighted by atomic mass is 16.6. The summed E-state index contributed by atoms with van der Waals surface area (Å²) in [6.45, 7) is 19.4. The van der Waals surface area contributed by atoms with Crippen molar-refractivity contribution in [1.29, 1.82) is 0 Å². The summed E-state index contributed by atoms with van der Waals surface area (Å²) in [6.07, 6.45) is 1.39. The van der Waals surface area contributed by atoms with Crippen LogP contribution in [0.1, 0.15) is 61.3 Å². The fraction of sp³-hybridized carbons (Fsp3) is 0.923. The standard InChI is InChI=1S/C26H42N2O6/c1-21(2)18(19(29)27(10-22(3)14-31-22)11-23(4)15-32-23)8-9-26(21,7)20(30)28(12-24(5)16-33-24)13-25(6)17-34-25/h18H,8-17H2,1-7H3. The van der Waals surface area contributed by atoms with E-state index >= 15 is 0 Å². The maximum absolute atomic E-state index is 14.2. The third-order valence-corrected chi connectivity index (χ3v) is 9.25. The molecular weight excluding hydrogens is 436 g/mol. The van der Waals surface area contributed by atoms with Crippen molar-refractivity contribution >= 4 is 11.8 Å². The maximum atomic E-state index is 14.2. The number of epoxide rings is 4. The van der Waals surface area contributed by atoms with Crippen molar-refractivity contribution in [2.24, 2.45) is 16.7 Å². The summed E-state index contributed by atoms with van der Waals surface area (Å²) < 4.78 is 22.5. The molecule has 1 aliphatic carbocycles. The highest BCUT2D eigenvalue weighted by Gasteiger charge is 2.61. The van der Waals surface area contributed by atoms with Gasteiger partial charge in [0.1, 0.15) is 22.4 Å². The van der Waals surface area contributed by atoms with Crippen molar-refractivity contribution in [2.45, 2.75) is 83.7 Å². The molecule has 4 saturated heterocycles. The molecule has 0 radical (unpaired) electrons. The van der Waals surface area contributed by atoms with Crippen LogP contribution < -0.4 is 0 Å². The van der Waals surface area contributed by atoms with Gasteiger partial charge >= 0.3 is 0 Å². The quantitative estimate of drug-likeness (QED) is 0.447. The predicted molar refractivity (Wildman–Crippen MR) is 125 cm³/mol. The Kier molecular flexibility index (Phi) is 5.33. The Morgan fingerprint density at radius 1 is 0.676 bits per heavy atom. The third-order valence-electron chi connectivity index (χ3n) is 9.25. The van der Waals surface area contributed by atoms with Crippen LogP contribution in [-0.2, 0) is 28.5 Å². The van der Waals surface area contributed by atoms with E-state index in [1.165, 1.54) is 0 Å². The molecule has 0 bridgehead atoms. The molecule has 8 heteroatoms. The molecule has 34 heavy (non-hydrogen) atoms. The van der Waals surface area contributed by atoms with Crippen LogP contribution in [0.3, 0.4) is 0 Å². The summed E-state index contributed by atoms with van der Waals surface area (Å²) in [6, 6.07) is 0. The summed E-state index contributed by atoms with van der Waals surface area (Å²) in [5.74, 6) is 0.00722. The van der Waals surface area contributed by atoms with E-state index in [1.807, 2.05) is 9.80 Å². The molecule has 0 spiro atoms. The van der Waals surface area contributed by atoms with E-state index < -0.39 is 10.8 Å². The number of carbonyl (C=O) groups is 2. The minimum absolute atomic E-state index is 0.114. The van der Waals surface area contributed by atoms with Gasteiger partial charge in [-0.1, -0.05) is 20.8 Å². The topological polar surface area (TPSA) is 90.7 Å². The molecule has 0 aromatic rings. The van der Waals surface area contributed by atoms with E-state index in [4.69, 9.17) is 18.9 Å². The molecule has 6 atom stereocenters. The Hall–Kier alpha value is -1.22. The van der Waals surface area contributed by atoms with Crippen LogP contribution in [0.4, 0.5) is 0 Å². The molecule has 4 aliphatic heterocycles. The first-order valence-corrected chi connectivity index (χ1v) is 12.8. The minimum Gasteiger partial charge on any atom is -0.368 e. The number of ether oxygens (including phenoxy) is 4. The van der Waals surface area contributed by atoms with Gasteiger partial charge in [0.2, 0.25) is 11.8 Å². The van der Waals surface area contributed by atoms with Gasteiger partial charge in [-0.3, -0.25) is 9.59 Å². The summed E-state index contributed by atoms with van der Waals surface area (Å²) >= 11 is 0. The van der Waals surface area contributed by atoms with Crippen molar-refractivity contribution in [3.05, 3.63) is 0 Å². The zero-order valence-electron chi connectivity index (χ0n) is 22.0. The summed E-state index contributed by atoms with van der Waals surface area (Å²) in [5.41, 5.74) is -2.21. The molecule has 6 unspecified atom stereocenters. The molecule has 5 aliphatic rings. The number of nitrogens with zero attached hydrogens (tertiary/aromatic N) is 2. The molecule has 1 saturated carbocycles. The Balaban J connectivity index is 1.35. The average Bonchev–Trinajstić information content (AvgIpc) is 3.61. The number of rotatable bonds is 10. The summed E-state index contributed by atoms with van der Waals surface area (Å²) in [7, 11) is 0. The zero-order chi connectivity index (χ0) is 24.8. The van der Waals surface area contributed by atoms with Crippen molar-refractivity contribution in [3.8, 4) is 0 Å². The van der Waals surface area contributed by atoms with Crippen molar-refractivity contribution in [1.82, 2.24) is 9.80 Å². The van der Waals surface area contributed by atoms with Gasteiger partial charge in [0.05, 0.1) is 58.0 Å². The van der Waals surface area contributed by atoms with Crippen LogP contribution in [0.2, 0.25) is 0 Å². The van der Waals surface area contributed by atoms with Gasteiger partial charge in [-0.15, -0.1) is 0 Å². The lowest BCUT2D eigenvalue weighted by molar-refractivity contribution is -0.152. The van der Waals surface area contributed by atoms with Crippen LogP contribution >= 0.6 is 0 Å². The largest absolute Gasteiger partial charge is 0.368 e. The van der Waals surface area contributed by atoms with Crippen molar-refractivity contribution in [3.63, 3.8) is 0 Å². The fourth-order valence-corrected chi connectivity index (χ4v) is 5.77. The van der Waals surface area contributed by atoms with Gasteiger partial charge in [-0.25, -0.2) is 0 Å². The van der Waals surface area contributed by atoms with Crippen molar-refractivity contribution in [2.75, 3.05) is 52.6 Å². The summed E-state index contributed by atoms with van der Waals surface area (Å²) in [5, 5.41) is 0. The number of hydrogen-bond donors (Lipinski definition) is 0. The molecular formula is C26H42N2O6. The Bertz CT molecular complexity index is 831. The van der Waals surface area contributed by atoms with E-state index in [0.717, 1.165) is 0 Å². The van der Waals surface area contributed by atoms with E-state index in [2.05, 4.69) is 48.5 Å². The van der Waals surface area contributed by atoms with Gasteiger partial charge in [-0.2, -0.15) is 0 Å². The highest BCUT2D eigenvalue weighted by molar-refractivity contribution is 5.88. The van der Waals surface area contributed by atoms with Crippen LogP contribution in [-0.4, -0.2) is 96.6 Å². The number of carbonyl (C=O) groups excluding carboxylic acids is 2. The molecule has 4 heterocycles. The second kappa shape index (κ2) is 7.40. The van der Waals surface area contributed by atoms with Crippen LogP contribution in [0.5, 0.6) is 0 Å². The first-order valence-electron chi connectivity index (χ1n) is 12.8. The van der Waals surface area contributed by atoms with Gasteiger partial charge in [0, 0.05) is 5.92 Å². The van der Waals surface area contributed by atoms with E-state index in [9.17, 15) is 9.59 Å². The Morgan fingerprint density at radius 2 is 1.03 bits per heavy atom. The van der Waals surface area contributed by atoms with Gasteiger partial charge in [-0.05, 0) is 46.0 Å². The second-order valence-corrected chi connectivity index (χ2v) is 13.5. The molecule has 0 aromatic carbocycles. The Morgan fingerprint density at radius 3 is 1.38 bits per heavy atom. The molecule has 192 valence electrons. The summed E-state index contributed by atoms with van der Waals surface area (Å²) in [4.78, 5) is 32.0. The zero-order valence-corrected chi connectivity index (χ0v) is 22.0. The van der Waals surface area contributed by atoms with E-state index in [0.29, 0.717) is 65.4 Å². The highest BCUT2D eigenvalue weighted by Crippen LogP contribution is 2.58. The van der Waals surface area contributed by atoms with Gasteiger partial charge in [0.25, 0.3) is 0 Å². The first kappa shape index (κ1) is 24.5. The Labute approximate surface area is 203 Å². The van der Waals surface area contributed by atoms with Crippen LogP contribution in [0.15, 0.2) is 0 Å². The second-order valence-electron chi connectivity index (χ2n) is 13.5. The lowest BCUT2D eigenvalue weighted by Crippen LogP contribution is -2.55. The first-order chi connectivity index (χ1) is 15.6. The van der Waals surface area contributed by atoms with Crippen LogP contribution in [0.25, 0.3) is 0 Å². The number of hydrogen-bond acceptors (Lipinski definition) is 6. The molecule has 5 fully saturated rings. The lowest BCUT2D eigenvalue weighted by atomic mass is 9.64. The molecule has 2 amide bonds. The maximum Gasteiger partial charge on any atom is 0.229 e. The normalized spacial score (nSPS) is 45.6. The van der Waals surface area contributed by atoms with E-state index in [-0.39, 0.29) is 40.1 Å². The van der Waals surface area contributed by atoms with E-state index in [1.54, 1.807) is 0 Å². The third kappa shape index (κ3) is 4.51. The van der Waals surface area contributed by atoms with Gasteiger partial charge in [0.15, 0.2) is 0 Å². The smallest absolute Gasteiger partial charge is 0.229 e. The average molecular weight is 479 g/mol. The minimum atomic E-state index is -0.643. The monoisotopic (exact) mass is 478 g/mol. The van der Waals surface area contributed by atoms with Crippen LogP contribution in [0, 0.1) is 16.7 Å². The van der Waals surface area contributed by atoms with Crippen molar-refractivity contribution < 1.29 is 28.5 Å². The number of amides is 2. The SMILES string of the molecule is CC1(CN(CC2(C)CO2)C(=O)C2CCC(C)(C(=O)N(CC3(C)CO3)CC3(C)CO3)C2(C)C)CO1. The molecule has 8 nitrogen and oxygen atoms in total. The fourth-order valence-electron chi connectivity index (χ4n) is 5.77. The van der Waals surface area contributed by atoms with Gasteiger partial charge < -0.3 is 28.7 Å². The predicted octanol–water partition coefficient (Wildman–Crippen LogP) is 2.24. The molecule has 5 rings (SSSR count). The molecule has 0 N–H and O–H groups in total. The lowest BCUT2D eigenvalue weighted by Gasteiger charge is -2.44.